The molecule has 2 heterocycles. The number of imidazole rings is 1. The van der Waals surface area contributed by atoms with Crippen LogP contribution in [0, 0.1) is 18.8 Å². The lowest BCUT2D eigenvalue weighted by molar-refractivity contribution is 0.604. The van der Waals surface area contributed by atoms with Gasteiger partial charge in [0, 0.05) is 25.7 Å². The number of fused-ring (bicyclic) bond motifs is 1. The minimum atomic E-state index is -0.334. The standard InChI is InChI=1S/C19H20N4O2/c1-5-22-17-16(18(24)23(6-2)19(22)25)21(4)15(20-17)11-10-14-9-7-8-13(3)12-14/h7-9,12H,5-6H2,1-4H3. The quantitative estimate of drug-likeness (QED) is 0.669. The summed E-state index contributed by atoms with van der Waals surface area (Å²) in [6.07, 6.45) is 0. The van der Waals surface area contributed by atoms with Gasteiger partial charge in [0.2, 0.25) is 0 Å². The van der Waals surface area contributed by atoms with E-state index < -0.39 is 0 Å². The summed E-state index contributed by atoms with van der Waals surface area (Å²) in [7, 11) is 1.75. The summed E-state index contributed by atoms with van der Waals surface area (Å²) in [4.78, 5) is 29.5. The van der Waals surface area contributed by atoms with Gasteiger partial charge in [-0.15, -0.1) is 0 Å². The first-order valence-corrected chi connectivity index (χ1v) is 8.26. The lowest BCUT2D eigenvalue weighted by Gasteiger charge is -2.07. The van der Waals surface area contributed by atoms with Gasteiger partial charge in [0.1, 0.15) is 0 Å². The third-order valence-corrected chi connectivity index (χ3v) is 4.21. The molecular weight excluding hydrogens is 316 g/mol. The topological polar surface area (TPSA) is 61.8 Å². The number of benzene rings is 1. The molecule has 3 rings (SSSR count). The van der Waals surface area contributed by atoms with Crippen molar-refractivity contribution < 1.29 is 0 Å². The van der Waals surface area contributed by atoms with Crippen LogP contribution in [0.4, 0.5) is 0 Å². The first-order chi connectivity index (χ1) is 12.0. The number of nitrogens with zero attached hydrogens (tertiary/aromatic N) is 4. The number of aryl methyl sites for hydroxylation is 3. The molecular formula is C19H20N4O2. The Bertz CT molecular complexity index is 1140. The molecule has 0 aliphatic carbocycles. The summed E-state index contributed by atoms with van der Waals surface area (Å²) in [6.45, 7) is 6.41. The molecule has 0 fully saturated rings. The zero-order valence-electron chi connectivity index (χ0n) is 14.8. The van der Waals surface area contributed by atoms with E-state index >= 15 is 0 Å². The van der Waals surface area contributed by atoms with E-state index in [1.54, 1.807) is 18.5 Å². The van der Waals surface area contributed by atoms with Crippen molar-refractivity contribution in [3.05, 3.63) is 62.1 Å². The van der Waals surface area contributed by atoms with E-state index in [9.17, 15) is 9.59 Å². The molecule has 0 radical (unpaired) electrons. The van der Waals surface area contributed by atoms with E-state index in [4.69, 9.17) is 0 Å². The third-order valence-electron chi connectivity index (χ3n) is 4.21. The van der Waals surface area contributed by atoms with Gasteiger partial charge in [-0.3, -0.25) is 13.9 Å². The maximum atomic E-state index is 12.6. The smallest absolute Gasteiger partial charge is 0.314 e. The van der Waals surface area contributed by atoms with Gasteiger partial charge in [0.25, 0.3) is 5.56 Å². The predicted molar refractivity (Wildman–Crippen MR) is 97.7 cm³/mol. The van der Waals surface area contributed by atoms with Crippen molar-refractivity contribution in [1.82, 2.24) is 18.7 Å². The van der Waals surface area contributed by atoms with Crippen LogP contribution in [0.3, 0.4) is 0 Å². The van der Waals surface area contributed by atoms with Crippen LogP contribution in [0.1, 0.15) is 30.8 Å². The van der Waals surface area contributed by atoms with Gasteiger partial charge in [-0.1, -0.05) is 18.1 Å². The normalized spacial score (nSPS) is 10.7. The first-order valence-electron chi connectivity index (χ1n) is 8.26. The summed E-state index contributed by atoms with van der Waals surface area (Å²) in [5.74, 6) is 6.56. The summed E-state index contributed by atoms with van der Waals surface area (Å²) < 4.78 is 4.40. The average molecular weight is 336 g/mol. The second-order valence-electron chi connectivity index (χ2n) is 5.86. The lowest BCUT2D eigenvalue weighted by atomic mass is 10.1. The van der Waals surface area contributed by atoms with E-state index in [1.165, 1.54) is 9.13 Å². The van der Waals surface area contributed by atoms with Crippen molar-refractivity contribution >= 4 is 11.2 Å². The molecule has 0 spiro atoms. The molecule has 0 atom stereocenters. The van der Waals surface area contributed by atoms with E-state index in [0.717, 1.165) is 11.1 Å². The highest BCUT2D eigenvalue weighted by molar-refractivity contribution is 5.72. The first kappa shape index (κ1) is 16.8. The van der Waals surface area contributed by atoms with Crippen LogP contribution in [-0.4, -0.2) is 18.7 Å². The van der Waals surface area contributed by atoms with Gasteiger partial charge in [-0.25, -0.2) is 9.78 Å². The van der Waals surface area contributed by atoms with Crippen LogP contribution in [0.2, 0.25) is 0 Å². The Labute approximate surface area is 145 Å². The molecule has 0 saturated heterocycles. The van der Waals surface area contributed by atoms with Crippen molar-refractivity contribution in [3.8, 4) is 11.8 Å². The van der Waals surface area contributed by atoms with Crippen molar-refractivity contribution in [2.45, 2.75) is 33.9 Å². The molecule has 0 aliphatic rings. The molecule has 6 nitrogen and oxygen atoms in total. The summed E-state index contributed by atoms with van der Waals surface area (Å²) in [6, 6.07) is 7.87. The zero-order valence-corrected chi connectivity index (χ0v) is 14.8. The van der Waals surface area contributed by atoms with Gasteiger partial charge in [-0.05, 0) is 44.4 Å². The van der Waals surface area contributed by atoms with E-state index in [0.29, 0.717) is 30.1 Å². The highest BCUT2D eigenvalue weighted by atomic mass is 16.2. The largest absolute Gasteiger partial charge is 0.332 e. The van der Waals surface area contributed by atoms with Gasteiger partial charge >= 0.3 is 5.69 Å². The fourth-order valence-corrected chi connectivity index (χ4v) is 2.89. The fourth-order valence-electron chi connectivity index (χ4n) is 2.89. The van der Waals surface area contributed by atoms with Crippen LogP contribution in [0.5, 0.6) is 0 Å². The Hall–Kier alpha value is -3.07. The van der Waals surface area contributed by atoms with Crippen LogP contribution in [-0.2, 0) is 20.1 Å². The minimum Gasteiger partial charge on any atom is -0.314 e. The molecule has 0 bridgehead atoms. The van der Waals surface area contributed by atoms with Crippen molar-refractivity contribution in [2.75, 3.05) is 0 Å². The van der Waals surface area contributed by atoms with E-state index in [2.05, 4.69) is 16.8 Å². The summed E-state index contributed by atoms with van der Waals surface area (Å²) in [5, 5.41) is 0. The van der Waals surface area contributed by atoms with Crippen LogP contribution in [0.25, 0.3) is 11.2 Å². The molecule has 3 aromatic rings. The molecule has 0 amide bonds. The minimum absolute atomic E-state index is 0.323. The summed E-state index contributed by atoms with van der Waals surface area (Å²) in [5.41, 5.74) is 2.13. The van der Waals surface area contributed by atoms with Crippen LogP contribution in [0.15, 0.2) is 33.9 Å². The van der Waals surface area contributed by atoms with E-state index in [1.807, 2.05) is 38.1 Å². The molecule has 1 aromatic carbocycles. The Balaban J connectivity index is 2.27. The van der Waals surface area contributed by atoms with Gasteiger partial charge in [-0.2, -0.15) is 0 Å². The predicted octanol–water partition coefficient (Wildman–Crippen LogP) is 1.64. The monoisotopic (exact) mass is 336 g/mol. The molecule has 0 unspecified atom stereocenters. The zero-order chi connectivity index (χ0) is 18.1. The molecule has 2 aromatic heterocycles. The van der Waals surface area contributed by atoms with Gasteiger partial charge in [0.15, 0.2) is 17.0 Å². The van der Waals surface area contributed by atoms with Crippen LogP contribution >= 0.6 is 0 Å². The van der Waals surface area contributed by atoms with Crippen molar-refractivity contribution in [1.29, 1.82) is 0 Å². The second-order valence-corrected chi connectivity index (χ2v) is 5.86. The van der Waals surface area contributed by atoms with Gasteiger partial charge in [0.05, 0.1) is 0 Å². The SMILES string of the molecule is CCn1c(=O)c2c(nc(C#Cc3cccc(C)c3)n2C)n(CC)c1=O. The molecule has 25 heavy (non-hydrogen) atoms. The maximum absolute atomic E-state index is 12.6. The Morgan fingerprint density at radius 1 is 1.08 bits per heavy atom. The Kier molecular flexibility index (Phi) is 4.32. The number of aromatic nitrogens is 4. The fraction of sp³-hybridized carbons (Fsp3) is 0.316. The van der Waals surface area contributed by atoms with Gasteiger partial charge < -0.3 is 4.57 Å². The Morgan fingerprint density at radius 2 is 1.80 bits per heavy atom. The molecule has 0 N–H and O–H groups in total. The number of hydrogen-bond acceptors (Lipinski definition) is 3. The average Bonchev–Trinajstić information content (AvgIpc) is 2.91. The van der Waals surface area contributed by atoms with E-state index in [-0.39, 0.29) is 11.2 Å². The lowest BCUT2D eigenvalue weighted by Crippen LogP contribution is -2.39. The number of rotatable bonds is 2. The molecule has 128 valence electrons. The molecule has 0 saturated carbocycles. The molecule has 0 aliphatic heterocycles. The maximum Gasteiger partial charge on any atom is 0.332 e. The molecule has 6 heteroatoms. The summed E-state index contributed by atoms with van der Waals surface area (Å²) >= 11 is 0. The second kappa shape index (κ2) is 6.44. The highest BCUT2D eigenvalue weighted by Gasteiger charge is 2.17. The highest BCUT2D eigenvalue weighted by Crippen LogP contribution is 2.10. The van der Waals surface area contributed by atoms with Crippen molar-refractivity contribution in [2.24, 2.45) is 7.05 Å². The van der Waals surface area contributed by atoms with Crippen molar-refractivity contribution in [3.63, 3.8) is 0 Å². The number of hydrogen-bond donors (Lipinski definition) is 0. The van der Waals surface area contributed by atoms with Crippen LogP contribution < -0.4 is 11.2 Å². The Morgan fingerprint density at radius 3 is 2.44 bits per heavy atom. The third kappa shape index (κ3) is 2.78.